The van der Waals surface area contributed by atoms with E-state index < -0.39 is 0 Å². The highest BCUT2D eigenvalue weighted by atomic mass is 16.2. The molecule has 1 aromatic rings. The molecule has 14 heavy (non-hydrogen) atoms. The molecular weight excluding hydrogens is 178 g/mol. The molecule has 2 rings (SSSR count). The maximum atomic E-state index is 11.5. The van der Waals surface area contributed by atoms with Crippen molar-refractivity contribution in [1.82, 2.24) is 10.3 Å². The summed E-state index contributed by atoms with van der Waals surface area (Å²) in [5.41, 5.74) is 1.09. The van der Waals surface area contributed by atoms with Gasteiger partial charge in [0.1, 0.15) is 5.82 Å². The van der Waals surface area contributed by atoms with Gasteiger partial charge in [-0.05, 0) is 18.6 Å². The smallest absolute Gasteiger partial charge is 0.231 e. The molecule has 1 saturated heterocycles. The quantitative estimate of drug-likeness (QED) is 0.717. The van der Waals surface area contributed by atoms with E-state index in [1.807, 2.05) is 19.1 Å². The van der Waals surface area contributed by atoms with Gasteiger partial charge >= 0.3 is 0 Å². The zero-order valence-electron chi connectivity index (χ0n) is 8.08. The van der Waals surface area contributed by atoms with Crippen LogP contribution in [0.15, 0.2) is 18.3 Å². The number of pyridine rings is 1. The molecule has 0 bridgehead atoms. The summed E-state index contributed by atoms with van der Waals surface area (Å²) in [4.78, 5) is 15.6. The van der Waals surface area contributed by atoms with Crippen molar-refractivity contribution in [3.05, 3.63) is 23.9 Å². The molecule has 4 nitrogen and oxygen atoms in total. The first-order chi connectivity index (χ1) is 6.75. The predicted molar refractivity (Wildman–Crippen MR) is 54.0 cm³/mol. The highest BCUT2D eigenvalue weighted by molar-refractivity contribution is 5.92. The third kappa shape index (κ3) is 1.90. The summed E-state index contributed by atoms with van der Waals surface area (Å²) >= 11 is 0. The van der Waals surface area contributed by atoms with Crippen molar-refractivity contribution in [1.29, 1.82) is 0 Å². The molecule has 1 aliphatic heterocycles. The van der Waals surface area contributed by atoms with Crippen LogP contribution in [0.2, 0.25) is 0 Å². The molecule has 4 heteroatoms. The lowest BCUT2D eigenvalue weighted by molar-refractivity contribution is -0.121. The van der Waals surface area contributed by atoms with E-state index in [4.69, 9.17) is 0 Å². The van der Waals surface area contributed by atoms with Crippen LogP contribution in [0.25, 0.3) is 0 Å². The van der Waals surface area contributed by atoms with E-state index in [0.717, 1.165) is 18.7 Å². The van der Waals surface area contributed by atoms with Crippen LogP contribution in [0.4, 0.5) is 5.82 Å². The molecule has 1 amide bonds. The maximum absolute atomic E-state index is 11.5. The number of aromatic nitrogens is 1. The molecule has 1 aromatic heterocycles. The molecule has 0 spiro atoms. The van der Waals surface area contributed by atoms with Gasteiger partial charge in [-0.25, -0.2) is 4.98 Å². The Labute approximate surface area is 82.7 Å². The molecular formula is C10H13N3O. The number of carbonyl (C=O) groups is 1. The number of anilines is 1. The molecule has 0 aromatic carbocycles. The number of hydrogen-bond acceptors (Lipinski definition) is 3. The van der Waals surface area contributed by atoms with Crippen LogP contribution < -0.4 is 10.6 Å². The fourth-order valence-electron chi connectivity index (χ4n) is 1.24. The van der Waals surface area contributed by atoms with Crippen molar-refractivity contribution in [3.63, 3.8) is 0 Å². The number of rotatable bonds is 2. The van der Waals surface area contributed by atoms with Crippen molar-refractivity contribution < 1.29 is 4.79 Å². The van der Waals surface area contributed by atoms with Gasteiger partial charge in [0, 0.05) is 19.3 Å². The second kappa shape index (κ2) is 3.75. The normalized spacial score (nSPS) is 16.1. The monoisotopic (exact) mass is 191 g/mol. The lowest BCUT2D eigenvalue weighted by Crippen LogP contribution is -2.48. The summed E-state index contributed by atoms with van der Waals surface area (Å²) in [6.07, 6.45) is 1.74. The van der Waals surface area contributed by atoms with Gasteiger partial charge in [0.05, 0.1) is 5.92 Å². The van der Waals surface area contributed by atoms with E-state index in [2.05, 4.69) is 15.6 Å². The molecule has 0 atom stereocenters. The highest BCUT2D eigenvalue weighted by Crippen LogP contribution is 2.08. The fourth-order valence-corrected chi connectivity index (χ4v) is 1.24. The number of aryl methyl sites for hydroxylation is 1. The number of nitrogens with one attached hydrogen (secondary N) is 2. The van der Waals surface area contributed by atoms with Gasteiger partial charge < -0.3 is 10.6 Å². The average Bonchev–Trinajstić information content (AvgIpc) is 2.06. The molecule has 1 aliphatic rings. The molecule has 0 radical (unpaired) electrons. The minimum Gasteiger partial charge on any atom is -0.315 e. The minimum atomic E-state index is 0.0557. The molecule has 74 valence electrons. The molecule has 0 aliphatic carbocycles. The third-order valence-corrected chi connectivity index (χ3v) is 2.31. The summed E-state index contributed by atoms with van der Waals surface area (Å²) in [5.74, 6) is 0.797. The zero-order valence-corrected chi connectivity index (χ0v) is 8.08. The van der Waals surface area contributed by atoms with Crippen LogP contribution >= 0.6 is 0 Å². The lowest BCUT2D eigenvalue weighted by atomic mass is 10.0. The largest absolute Gasteiger partial charge is 0.315 e. The van der Waals surface area contributed by atoms with Crippen LogP contribution in [0.3, 0.4) is 0 Å². The molecule has 0 unspecified atom stereocenters. The van der Waals surface area contributed by atoms with E-state index in [-0.39, 0.29) is 11.8 Å². The second-order valence-electron chi connectivity index (χ2n) is 3.57. The SMILES string of the molecule is Cc1ccc(NC(=O)C2CNC2)nc1. The Balaban J connectivity index is 1.96. The first-order valence-electron chi connectivity index (χ1n) is 4.70. The van der Waals surface area contributed by atoms with E-state index in [0.29, 0.717) is 5.82 Å². The number of amides is 1. The lowest BCUT2D eigenvalue weighted by Gasteiger charge is -2.25. The minimum absolute atomic E-state index is 0.0557. The summed E-state index contributed by atoms with van der Waals surface area (Å²) in [6, 6.07) is 3.75. The van der Waals surface area contributed by atoms with Crippen molar-refractivity contribution in [2.75, 3.05) is 18.4 Å². The van der Waals surface area contributed by atoms with Crippen molar-refractivity contribution in [3.8, 4) is 0 Å². The van der Waals surface area contributed by atoms with Crippen LogP contribution in [0.5, 0.6) is 0 Å². The first-order valence-corrected chi connectivity index (χ1v) is 4.70. The van der Waals surface area contributed by atoms with Gasteiger partial charge in [-0.1, -0.05) is 6.07 Å². The fraction of sp³-hybridized carbons (Fsp3) is 0.400. The van der Waals surface area contributed by atoms with Crippen molar-refractivity contribution in [2.24, 2.45) is 5.92 Å². The van der Waals surface area contributed by atoms with Gasteiger partial charge in [0.15, 0.2) is 0 Å². The number of carbonyl (C=O) groups excluding carboxylic acids is 1. The van der Waals surface area contributed by atoms with Crippen molar-refractivity contribution in [2.45, 2.75) is 6.92 Å². The van der Waals surface area contributed by atoms with E-state index in [9.17, 15) is 4.79 Å². The number of hydrogen-bond donors (Lipinski definition) is 2. The Morgan fingerprint density at radius 2 is 2.36 bits per heavy atom. The summed E-state index contributed by atoms with van der Waals surface area (Å²) in [5, 5.41) is 5.84. The summed E-state index contributed by atoms with van der Waals surface area (Å²) in [6.45, 7) is 3.52. The average molecular weight is 191 g/mol. The van der Waals surface area contributed by atoms with Crippen molar-refractivity contribution >= 4 is 11.7 Å². The Bertz CT molecular complexity index is 330. The van der Waals surface area contributed by atoms with E-state index in [1.54, 1.807) is 6.20 Å². The van der Waals surface area contributed by atoms with Gasteiger partial charge in [-0.15, -0.1) is 0 Å². The van der Waals surface area contributed by atoms with Gasteiger partial charge in [-0.2, -0.15) is 0 Å². The molecule has 1 fully saturated rings. The van der Waals surface area contributed by atoms with Gasteiger partial charge in [-0.3, -0.25) is 4.79 Å². The van der Waals surface area contributed by atoms with Gasteiger partial charge in [0.25, 0.3) is 0 Å². The Morgan fingerprint density at radius 1 is 1.57 bits per heavy atom. The zero-order chi connectivity index (χ0) is 9.97. The third-order valence-electron chi connectivity index (χ3n) is 2.31. The van der Waals surface area contributed by atoms with Crippen LogP contribution in [-0.2, 0) is 4.79 Å². The summed E-state index contributed by atoms with van der Waals surface area (Å²) < 4.78 is 0. The van der Waals surface area contributed by atoms with E-state index in [1.165, 1.54) is 0 Å². The second-order valence-corrected chi connectivity index (χ2v) is 3.57. The Morgan fingerprint density at radius 3 is 2.86 bits per heavy atom. The molecule has 0 saturated carbocycles. The Kier molecular flexibility index (Phi) is 2.45. The standard InChI is InChI=1S/C10H13N3O/c1-7-2-3-9(12-4-7)13-10(14)8-5-11-6-8/h2-4,8,11H,5-6H2,1H3,(H,12,13,14). The summed E-state index contributed by atoms with van der Waals surface area (Å²) in [7, 11) is 0. The first kappa shape index (κ1) is 9.15. The number of nitrogens with zero attached hydrogens (tertiary/aromatic N) is 1. The molecule has 2 heterocycles. The van der Waals surface area contributed by atoms with Crippen LogP contribution in [0.1, 0.15) is 5.56 Å². The molecule has 2 N–H and O–H groups in total. The Hall–Kier alpha value is -1.42. The maximum Gasteiger partial charge on any atom is 0.231 e. The van der Waals surface area contributed by atoms with E-state index >= 15 is 0 Å². The van der Waals surface area contributed by atoms with Crippen LogP contribution in [-0.4, -0.2) is 24.0 Å². The predicted octanol–water partition coefficient (Wildman–Crippen LogP) is 0.548. The highest BCUT2D eigenvalue weighted by Gasteiger charge is 2.24. The topological polar surface area (TPSA) is 54.0 Å². The van der Waals surface area contributed by atoms with Crippen LogP contribution in [0, 0.1) is 12.8 Å². The van der Waals surface area contributed by atoms with Gasteiger partial charge in [0.2, 0.25) is 5.91 Å².